The molecule has 1 aliphatic heterocycles. The predicted molar refractivity (Wildman–Crippen MR) is 65.1 cm³/mol. The minimum absolute atomic E-state index is 0.340. The van der Waals surface area contributed by atoms with E-state index in [9.17, 15) is 0 Å². The Morgan fingerprint density at radius 2 is 2.20 bits per heavy atom. The average molecular weight is 221 g/mol. The molecule has 0 saturated carbocycles. The molecule has 1 aromatic rings. The van der Waals surface area contributed by atoms with Crippen LogP contribution in [0.1, 0.15) is 18.4 Å². The summed E-state index contributed by atoms with van der Waals surface area (Å²) < 4.78 is 5.52. The molecule has 2 rings (SSSR count). The van der Waals surface area contributed by atoms with Gasteiger partial charge in [-0.3, -0.25) is 0 Å². The van der Waals surface area contributed by atoms with Crippen LogP contribution in [0.25, 0.3) is 0 Å². The molecule has 1 N–H and O–H groups in total. The zero-order valence-corrected chi connectivity index (χ0v) is 9.43. The van der Waals surface area contributed by atoms with E-state index in [-0.39, 0.29) is 0 Å². The number of hydrogen-bond acceptors (Lipinski definition) is 2. The lowest BCUT2D eigenvalue weighted by Gasteiger charge is -2.12. The van der Waals surface area contributed by atoms with Crippen LogP contribution in [0.3, 0.4) is 0 Å². The molecule has 1 saturated heterocycles. The van der Waals surface area contributed by atoms with Crippen molar-refractivity contribution in [1.29, 1.82) is 0 Å². The number of benzene rings is 1. The molecule has 1 heterocycles. The summed E-state index contributed by atoms with van der Waals surface area (Å²) in [5.74, 6) is 0. The third-order valence-corrected chi connectivity index (χ3v) is 2.93. The first-order chi connectivity index (χ1) is 7.36. The Bertz CT molecular complexity index is 320. The predicted octanol–water partition coefficient (Wildman–Crippen LogP) is 2.13. The molecule has 0 aliphatic carbocycles. The van der Waals surface area contributed by atoms with Gasteiger partial charge in [0.25, 0.3) is 0 Å². The van der Waals surface area contributed by atoms with Crippen LogP contribution in [0.5, 0.6) is 0 Å². The Morgan fingerprint density at radius 3 is 2.87 bits per heavy atom. The minimum atomic E-state index is 0.340. The molecule has 2 nitrogen and oxygen atoms in total. The van der Waals surface area contributed by atoms with Gasteiger partial charge in [0.1, 0.15) is 4.99 Å². The standard InChI is InChI=1S/C12H15NOS/c15-12(10-5-2-1-3-6-10)13-9-11-7-4-8-14-11/h1-3,5-6,11H,4,7-9H2,(H,13,15)/t11-/m0/s1. The van der Waals surface area contributed by atoms with E-state index in [4.69, 9.17) is 17.0 Å². The van der Waals surface area contributed by atoms with E-state index in [1.54, 1.807) is 0 Å². The largest absolute Gasteiger partial charge is 0.376 e. The summed E-state index contributed by atoms with van der Waals surface area (Å²) in [5.41, 5.74) is 1.07. The Kier molecular flexibility index (Phi) is 3.69. The Balaban J connectivity index is 1.82. The molecule has 1 atom stereocenters. The summed E-state index contributed by atoms with van der Waals surface area (Å²) in [6, 6.07) is 10.0. The fourth-order valence-corrected chi connectivity index (χ4v) is 1.92. The number of nitrogens with one attached hydrogen (secondary N) is 1. The van der Waals surface area contributed by atoms with Crippen molar-refractivity contribution >= 4 is 17.2 Å². The summed E-state index contributed by atoms with van der Waals surface area (Å²) in [6.45, 7) is 1.72. The number of rotatable bonds is 3. The van der Waals surface area contributed by atoms with E-state index in [1.165, 1.54) is 6.42 Å². The SMILES string of the molecule is S=C(NC[C@@H]1CCCO1)c1ccccc1. The quantitative estimate of drug-likeness (QED) is 0.790. The molecular formula is C12H15NOS. The Hall–Kier alpha value is -0.930. The van der Waals surface area contributed by atoms with Gasteiger partial charge in [0.2, 0.25) is 0 Å². The molecule has 3 heteroatoms. The van der Waals surface area contributed by atoms with Gasteiger partial charge < -0.3 is 10.1 Å². The molecule has 0 aromatic heterocycles. The molecule has 0 spiro atoms. The molecule has 15 heavy (non-hydrogen) atoms. The maximum absolute atomic E-state index is 5.52. The van der Waals surface area contributed by atoms with Crippen LogP contribution in [-0.4, -0.2) is 24.2 Å². The van der Waals surface area contributed by atoms with E-state index in [1.807, 2.05) is 30.3 Å². The van der Waals surface area contributed by atoms with Crippen LogP contribution < -0.4 is 5.32 Å². The molecular weight excluding hydrogens is 206 g/mol. The highest BCUT2D eigenvalue weighted by Gasteiger charge is 2.15. The van der Waals surface area contributed by atoms with E-state index in [0.717, 1.165) is 30.1 Å². The molecule has 80 valence electrons. The maximum atomic E-state index is 5.52. The first kappa shape index (κ1) is 10.6. The molecule has 0 amide bonds. The minimum Gasteiger partial charge on any atom is -0.376 e. The van der Waals surface area contributed by atoms with Gasteiger partial charge in [0.15, 0.2) is 0 Å². The summed E-state index contributed by atoms with van der Waals surface area (Å²) in [6.07, 6.45) is 2.65. The van der Waals surface area contributed by atoms with Crippen LogP contribution in [0, 0.1) is 0 Å². The number of hydrogen-bond donors (Lipinski definition) is 1. The Labute approximate surface area is 95.6 Å². The number of ether oxygens (including phenoxy) is 1. The lowest BCUT2D eigenvalue weighted by molar-refractivity contribution is 0.114. The van der Waals surface area contributed by atoms with E-state index >= 15 is 0 Å². The maximum Gasteiger partial charge on any atom is 0.106 e. The van der Waals surface area contributed by atoms with Crippen molar-refractivity contribution in [3.8, 4) is 0 Å². The number of thiocarbonyl (C=S) groups is 1. The van der Waals surface area contributed by atoms with Gasteiger partial charge in [-0.05, 0) is 12.8 Å². The fourth-order valence-electron chi connectivity index (χ4n) is 1.70. The summed E-state index contributed by atoms with van der Waals surface area (Å²) in [7, 11) is 0. The lowest BCUT2D eigenvalue weighted by atomic mass is 10.2. The molecule has 1 fully saturated rings. The molecule has 0 unspecified atom stereocenters. The van der Waals surface area contributed by atoms with E-state index in [0.29, 0.717) is 6.10 Å². The van der Waals surface area contributed by atoms with Crippen LogP contribution in [0.15, 0.2) is 30.3 Å². The highest BCUT2D eigenvalue weighted by molar-refractivity contribution is 7.80. The highest BCUT2D eigenvalue weighted by Crippen LogP contribution is 2.11. The van der Waals surface area contributed by atoms with Gasteiger partial charge in [-0.1, -0.05) is 42.5 Å². The lowest BCUT2D eigenvalue weighted by Crippen LogP contribution is -2.30. The molecule has 1 aromatic carbocycles. The normalized spacial score (nSPS) is 20.1. The van der Waals surface area contributed by atoms with Crippen molar-refractivity contribution in [1.82, 2.24) is 5.32 Å². The van der Waals surface area contributed by atoms with Gasteiger partial charge in [0, 0.05) is 18.7 Å². The zero-order valence-electron chi connectivity index (χ0n) is 8.61. The molecule has 0 radical (unpaired) electrons. The van der Waals surface area contributed by atoms with Crippen LogP contribution in [0.2, 0.25) is 0 Å². The van der Waals surface area contributed by atoms with Crippen LogP contribution in [-0.2, 0) is 4.74 Å². The van der Waals surface area contributed by atoms with Gasteiger partial charge in [0.05, 0.1) is 6.10 Å². The second-order valence-corrected chi connectivity index (χ2v) is 4.12. The van der Waals surface area contributed by atoms with Crippen molar-refractivity contribution in [2.45, 2.75) is 18.9 Å². The third kappa shape index (κ3) is 3.01. The van der Waals surface area contributed by atoms with Gasteiger partial charge >= 0.3 is 0 Å². The fraction of sp³-hybridized carbons (Fsp3) is 0.417. The monoisotopic (exact) mass is 221 g/mol. The molecule has 0 bridgehead atoms. The average Bonchev–Trinajstić information content (AvgIpc) is 2.80. The van der Waals surface area contributed by atoms with Gasteiger partial charge in [-0.2, -0.15) is 0 Å². The van der Waals surface area contributed by atoms with Crippen LogP contribution >= 0.6 is 12.2 Å². The highest BCUT2D eigenvalue weighted by atomic mass is 32.1. The van der Waals surface area contributed by atoms with Crippen molar-refractivity contribution < 1.29 is 4.74 Å². The third-order valence-electron chi connectivity index (χ3n) is 2.55. The summed E-state index contributed by atoms with van der Waals surface area (Å²) >= 11 is 5.29. The van der Waals surface area contributed by atoms with Crippen molar-refractivity contribution in [2.24, 2.45) is 0 Å². The first-order valence-corrected chi connectivity index (χ1v) is 5.72. The van der Waals surface area contributed by atoms with Crippen molar-refractivity contribution in [3.63, 3.8) is 0 Å². The van der Waals surface area contributed by atoms with Gasteiger partial charge in [-0.15, -0.1) is 0 Å². The van der Waals surface area contributed by atoms with E-state index in [2.05, 4.69) is 5.32 Å². The molecule has 1 aliphatic rings. The second-order valence-electron chi connectivity index (χ2n) is 3.71. The van der Waals surface area contributed by atoms with Crippen molar-refractivity contribution in [3.05, 3.63) is 35.9 Å². The first-order valence-electron chi connectivity index (χ1n) is 5.31. The van der Waals surface area contributed by atoms with Crippen LogP contribution in [0.4, 0.5) is 0 Å². The smallest absolute Gasteiger partial charge is 0.106 e. The second kappa shape index (κ2) is 5.24. The van der Waals surface area contributed by atoms with Gasteiger partial charge in [-0.25, -0.2) is 0 Å². The zero-order chi connectivity index (χ0) is 10.5. The Morgan fingerprint density at radius 1 is 1.40 bits per heavy atom. The summed E-state index contributed by atoms with van der Waals surface area (Å²) in [4.78, 5) is 0.811. The summed E-state index contributed by atoms with van der Waals surface area (Å²) in [5, 5.41) is 3.25. The topological polar surface area (TPSA) is 21.3 Å². The van der Waals surface area contributed by atoms with E-state index < -0.39 is 0 Å². The van der Waals surface area contributed by atoms with Crippen molar-refractivity contribution in [2.75, 3.05) is 13.2 Å².